The van der Waals surface area contributed by atoms with Gasteiger partial charge in [0, 0.05) is 24.6 Å². The van der Waals surface area contributed by atoms with Crippen molar-refractivity contribution in [1.82, 2.24) is 15.2 Å². The Bertz CT molecular complexity index is 1140. The topological polar surface area (TPSA) is 138 Å². The van der Waals surface area contributed by atoms with Crippen LogP contribution in [0.5, 0.6) is 0 Å². The van der Waals surface area contributed by atoms with Gasteiger partial charge in [0.1, 0.15) is 4.88 Å². The number of hydrogen-bond donors (Lipinski definition) is 4. The van der Waals surface area contributed by atoms with Crippen LogP contribution in [0.15, 0.2) is 24.3 Å². The van der Waals surface area contributed by atoms with E-state index >= 15 is 0 Å². The molecule has 13 heteroatoms. The summed E-state index contributed by atoms with van der Waals surface area (Å²) in [5.41, 5.74) is 8.28. The molecule has 2 aromatic rings. The average molecular weight is 584 g/mol. The molecule has 2 aliphatic heterocycles. The maximum Gasteiger partial charge on any atom is 0.490 e. The molecule has 0 unspecified atom stereocenters. The number of carboxylic acid groups (broad SMARTS) is 1. The molecule has 0 atom stereocenters. The third-order valence-corrected chi connectivity index (χ3v) is 8.31. The van der Waals surface area contributed by atoms with Gasteiger partial charge in [0.05, 0.1) is 10.7 Å². The number of aryl methyl sites for hydroxylation is 1. The number of piperidine rings is 2. The Morgan fingerprint density at radius 3 is 2.27 bits per heavy atom. The summed E-state index contributed by atoms with van der Waals surface area (Å²) in [6.45, 7) is 6.90. The van der Waals surface area contributed by atoms with E-state index < -0.39 is 12.1 Å². The molecule has 0 bridgehead atoms. The molecule has 2 aliphatic rings. The Balaban J connectivity index is 0.000000559. The number of nitrogens with two attached hydrogens (primary N) is 1. The van der Waals surface area contributed by atoms with E-state index in [2.05, 4.69) is 32.7 Å². The number of rotatable bonds is 8. The molecule has 220 valence electrons. The summed E-state index contributed by atoms with van der Waals surface area (Å²) in [4.78, 5) is 40.8. The summed E-state index contributed by atoms with van der Waals surface area (Å²) in [6, 6.07) is 8.10. The summed E-state index contributed by atoms with van der Waals surface area (Å²) in [6.07, 6.45) is 0.906. The number of hydrogen-bond acceptors (Lipinski definition) is 7. The number of likely N-dealkylation sites (tertiary alicyclic amines) is 1. The van der Waals surface area contributed by atoms with E-state index in [4.69, 9.17) is 15.6 Å². The number of benzene rings is 1. The lowest BCUT2D eigenvalue weighted by molar-refractivity contribution is -0.192. The van der Waals surface area contributed by atoms with E-state index in [0.29, 0.717) is 10.8 Å². The van der Waals surface area contributed by atoms with Gasteiger partial charge in [-0.1, -0.05) is 12.1 Å². The lowest BCUT2D eigenvalue weighted by atomic mass is 9.95. The normalized spacial score (nSPS) is 17.1. The van der Waals surface area contributed by atoms with Gasteiger partial charge in [0.15, 0.2) is 0 Å². The molecule has 5 N–H and O–H groups in total. The van der Waals surface area contributed by atoms with Crippen molar-refractivity contribution in [3.63, 3.8) is 0 Å². The van der Waals surface area contributed by atoms with Crippen LogP contribution in [0, 0.1) is 18.8 Å². The van der Waals surface area contributed by atoms with Gasteiger partial charge in [-0.05, 0) is 88.8 Å². The Labute approximate surface area is 235 Å². The van der Waals surface area contributed by atoms with Crippen LogP contribution in [0.25, 0.3) is 0 Å². The van der Waals surface area contributed by atoms with E-state index in [1.807, 2.05) is 19.1 Å². The molecule has 0 aliphatic carbocycles. The van der Waals surface area contributed by atoms with Gasteiger partial charge in [-0.2, -0.15) is 13.2 Å². The van der Waals surface area contributed by atoms with Crippen LogP contribution in [0.2, 0.25) is 0 Å². The van der Waals surface area contributed by atoms with Crippen molar-refractivity contribution in [1.29, 1.82) is 0 Å². The number of aromatic nitrogens is 1. The van der Waals surface area contributed by atoms with Crippen molar-refractivity contribution in [2.24, 2.45) is 17.6 Å². The first-order valence-electron chi connectivity index (χ1n) is 13.3. The van der Waals surface area contributed by atoms with Crippen LogP contribution in [-0.4, -0.2) is 71.7 Å². The highest BCUT2D eigenvalue weighted by molar-refractivity contribution is 7.13. The molecule has 4 rings (SSSR count). The first-order valence-corrected chi connectivity index (χ1v) is 14.1. The Morgan fingerprint density at radius 2 is 1.73 bits per heavy atom. The number of carboxylic acids is 1. The second kappa shape index (κ2) is 14.6. The number of nitrogens with zero attached hydrogens (tertiary/aromatic N) is 2. The van der Waals surface area contributed by atoms with Crippen molar-refractivity contribution in [3.8, 4) is 0 Å². The first kappa shape index (κ1) is 31.5. The molecule has 9 nitrogen and oxygen atoms in total. The number of primary amides is 1. The number of halogens is 3. The van der Waals surface area contributed by atoms with E-state index in [9.17, 15) is 22.8 Å². The van der Waals surface area contributed by atoms with E-state index in [0.717, 1.165) is 74.8 Å². The van der Waals surface area contributed by atoms with E-state index in [1.165, 1.54) is 29.7 Å². The van der Waals surface area contributed by atoms with Crippen LogP contribution in [-0.2, 0) is 22.4 Å². The van der Waals surface area contributed by atoms with Crippen LogP contribution in [0.4, 0.5) is 18.9 Å². The second-order valence-electron chi connectivity index (χ2n) is 10.1. The highest BCUT2D eigenvalue weighted by Crippen LogP contribution is 2.25. The maximum atomic E-state index is 12.8. The van der Waals surface area contributed by atoms with E-state index in [1.54, 1.807) is 0 Å². The van der Waals surface area contributed by atoms with Gasteiger partial charge in [-0.15, -0.1) is 11.3 Å². The molecule has 2 amide bonds. The van der Waals surface area contributed by atoms with Crippen molar-refractivity contribution < 1.29 is 32.7 Å². The number of anilines is 1. The van der Waals surface area contributed by atoms with Gasteiger partial charge >= 0.3 is 12.1 Å². The summed E-state index contributed by atoms with van der Waals surface area (Å²) in [5.74, 6) is -2.31. The molecule has 0 radical (unpaired) electrons. The van der Waals surface area contributed by atoms with Gasteiger partial charge in [-0.25, -0.2) is 9.78 Å². The highest BCUT2D eigenvalue weighted by Gasteiger charge is 2.38. The zero-order chi connectivity index (χ0) is 29.3. The zero-order valence-electron chi connectivity index (χ0n) is 22.4. The molecular formula is C27H36F3N5O4S. The Hall–Kier alpha value is -3.03. The van der Waals surface area contributed by atoms with Crippen molar-refractivity contribution in [2.45, 2.75) is 51.6 Å². The smallest absolute Gasteiger partial charge is 0.475 e. The predicted molar refractivity (Wildman–Crippen MR) is 146 cm³/mol. The van der Waals surface area contributed by atoms with Crippen molar-refractivity contribution in [3.05, 3.63) is 45.4 Å². The second-order valence-corrected chi connectivity index (χ2v) is 11.2. The zero-order valence-corrected chi connectivity index (χ0v) is 23.2. The number of amides is 2. The fourth-order valence-corrected chi connectivity index (χ4v) is 5.83. The number of nitrogens with one attached hydrogen (secondary N) is 2. The molecular weight excluding hydrogens is 547 g/mol. The lowest BCUT2D eigenvalue weighted by Gasteiger charge is -2.30. The lowest BCUT2D eigenvalue weighted by Crippen LogP contribution is -2.39. The predicted octanol–water partition coefficient (Wildman–Crippen LogP) is 3.62. The van der Waals surface area contributed by atoms with Crippen LogP contribution < -0.4 is 16.4 Å². The van der Waals surface area contributed by atoms with Crippen molar-refractivity contribution in [2.75, 3.05) is 38.0 Å². The van der Waals surface area contributed by atoms with Crippen molar-refractivity contribution >= 4 is 34.8 Å². The quantitative estimate of drug-likeness (QED) is 0.373. The number of carbonyl (C=O) groups is 3. The fourth-order valence-electron chi connectivity index (χ4n) is 4.75. The molecule has 1 aromatic heterocycles. The summed E-state index contributed by atoms with van der Waals surface area (Å²) in [7, 11) is 0. The monoisotopic (exact) mass is 583 g/mol. The molecule has 2 saturated heterocycles. The number of thiazole rings is 1. The number of aliphatic carboxylic acids is 1. The molecule has 40 heavy (non-hydrogen) atoms. The van der Waals surface area contributed by atoms with Gasteiger partial charge in [0.25, 0.3) is 5.91 Å². The van der Waals surface area contributed by atoms with Gasteiger partial charge < -0.3 is 26.4 Å². The molecule has 2 fully saturated rings. The van der Waals surface area contributed by atoms with Crippen LogP contribution in [0.1, 0.15) is 51.6 Å². The van der Waals surface area contributed by atoms with Crippen LogP contribution >= 0.6 is 11.3 Å². The molecule has 1 aromatic carbocycles. The standard InChI is InChI=1S/C25H35N5O2S.C2HF3O2/c1-17-23(33-22(28-17)16-19-6-11-27-12-7-19)25(32)29-21-4-2-18(3-5-21)8-13-30-14-9-20(10-15-30)24(26)31;3-2(4,5)1(6)7/h2-5,19-20,27H,6-16H2,1H3,(H2,26,31)(H,29,32);(H,6,7). The summed E-state index contributed by atoms with van der Waals surface area (Å²) in [5, 5.41) is 14.6. The minimum atomic E-state index is -5.08. The SMILES string of the molecule is Cc1nc(CC2CCNCC2)sc1C(=O)Nc1ccc(CCN2CCC(C(N)=O)CC2)cc1.O=C(O)C(F)(F)F. The number of alkyl halides is 3. The van der Waals surface area contributed by atoms with Gasteiger partial charge in [-0.3, -0.25) is 9.59 Å². The first-order chi connectivity index (χ1) is 18.9. The summed E-state index contributed by atoms with van der Waals surface area (Å²) >= 11 is 1.53. The van der Waals surface area contributed by atoms with Gasteiger partial charge in [0.2, 0.25) is 5.91 Å². The Kier molecular flexibility index (Phi) is 11.5. The fraction of sp³-hybridized carbons (Fsp3) is 0.556. The highest BCUT2D eigenvalue weighted by atomic mass is 32.1. The largest absolute Gasteiger partial charge is 0.490 e. The summed E-state index contributed by atoms with van der Waals surface area (Å²) < 4.78 is 31.7. The molecule has 3 heterocycles. The molecule has 0 saturated carbocycles. The maximum absolute atomic E-state index is 12.8. The minimum Gasteiger partial charge on any atom is -0.475 e. The van der Waals surface area contributed by atoms with E-state index in [-0.39, 0.29) is 17.7 Å². The minimum absolute atomic E-state index is 0.0342. The number of carbonyl (C=O) groups excluding carboxylic acids is 2. The third kappa shape index (κ3) is 9.86. The van der Waals surface area contributed by atoms with Crippen LogP contribution in [0.3, 0.4) is 0 Å². The third-order valence-electron chi connectivity index (χ3n) is 7.13. The molecule has 0 spiro atoms. The Morgan fingerprint density at radius 1 is 1.12 bits per heavy atom. The average Bonchev–Trinajstić information content (AvgIpc) is 3.28.